The van der Waals surface area contributed by atoms with Crippen LogP contribution in [0.15, 0.2) is 0 Å². The van der Waals surface area contributed by atoms with Crippen molar-refractivity contribution in [2.45, 2.75) is 38.5 Å². The molecular weight excluding hydrogens is 248 g/mol. The van der Waals surface area contributed by atoms with Gasteiger partial charge >= 0.3 is 5.97 Å². The molecule has 1 aliphatic heterocycles. The Morgan fingerprint density at radius 1 is 1.50 bits per heavy atom. The van der Waals surface area contributed by atoms with Crippen LogP contribution < -0.4 is 5.32 Å². The van der Waals surface area contributed by atoms with Gasteiger partial charge in [-0.1, -0.05) is 13.3 Å². The van der Waals surface area contributed by atoms with Crippen molar-refractivity contribution >= 4 is 17.3 Å². The average Bonchev–Trinajstić information content (AvgIpc) is 2.83. The Labute approximate surface area is 112 Å². The molecule has 2 heterocycles. The number of nitrogens with one attached hydrogen (secondary N) is 1. The van der Waals surface area contributed by atoms with Gasteiger partial charge in [0.1, 0.15) is 4.88 Å². The van der Waals surface area contributed by atoms with Crippen molar-refractivity contribution in [2.24, 2.45) is 0 Å². The van der Waals surface area contributed by atoms with E-state index in [2.05, 4.69) is 17.2 Å². The Balaban J connectivity index is 2.23. The van der Waals surface area contributed by atoms with E-state index in [1.54, 1.807) is 0 Å². The second-order valence-corrected chi connectivity index (χ2v) is 5.62. The van der Waals surface area contributed by atoms with Gasteiger partial charge in [-0.15, -0.1) is 11.3 Å². The van der Waals surface area contributed by atoms with Crippen LogP contribution in [0.3, 0.4) is 0 Å². The van der Waals surface area contributed by atoms with Crippen molar-refractivity contribution < 1.29 is 9.53 Å². The summed E-state index contributed by atoms with van der Waals surface area (Å²) in [6.45, 7) is 4.19. The Morgan fingerprint density at radius 2 is 2.22 bits per heavy atom. The number of hydrogen-bond donors (Lipinski definition) is 1. The topological polar surface area (TPSA) is 51.2 Å². The van der Waals surface area contributed by atoms with Gasteiger partial charge in [0.15, 0.2) is 0 Å². The number of aromatic nitrogens is 1. The number of esters is 1. The van der Waals surface area contributed by atoms with Crippen LogP contribution in [0.25, 0.3) is 0 Å². The maximum absolute atomic E-state index is 11.7. The first-order chi connectivity index (χ1) is 8.76. The molecule has 0 unspecified atom stereocenters. The summed E-state index contributed by atoms with van der Waals surface area (Å²) >= 11 is 1.53. The van der Waals surface area contributed by atoms with E-state index in [9.17, 15) is 4.79 Å². The quantitative estimate of drug-likeness (QED) is 0.852. The Hall–Kier alpha value is -0.940. The molecule has 0 saturated carbocycles. The van der Waals surface area contributed by atoms with E-state index in [-0.39, 0.29) is 5.97 Å². The first-order valence-electron chi connectivity index (χ1n) is 6.54. The van der Waals surface area contributed by atoms with E-state index in [4.69, 9.17) is 4.74 Å². The molecule has 1 aromatic rings. The summed E-state index contributed by atoms with van der Waals surface area (Å²) in [7, 11) is 1.43. The number of thiazole rings is 1. The summed E-state index contributed by atoms with van der Waals surface area (Å²) in [5, 5.41) is 4.46. The van der Waals surface area contributed by atoms with Crippen LogP contribution in [-0.2, 0) is 11.2 Å². The van der Waals surface area contributed by atoms with Crippen LogP contribution in [0.4, 0.5) is 0 Å². The lowest BCUT2D eigenvalue weighted by Crippen LogP contribution is -2.26. The molecule has 4 nitrogen and oxygen atoms in total. The first kappa shape index (κ1) is 13.5. The fraction of sp³-hybridized carbons (Fsp3) is 0.692. The molecule has 0 aliphatic carbocycles. The molecule has 0 bridgehead atoms. The van der Waals surface area contributed by atoms with E-state index >= 15 is 0 Å². The van der Waals surface area contributed by atoms with Gasteiger partial charge in [-0.05, 0) is 32.4 Å². The number of hydrogen-bond acceptors (Lipinski definition) is 5. The molecule has 0 atom stereocenters. The summed E-state index contributed by atoms with van der Waals surface area (Å²) in [6.07, 6.45) is 4.07. The maximum Gasteiger partial charge on any atom is 0.349 e. The Kier molecular flexibility index (Phi) is 4.72. The average molecular weight is 268 g/mol. The SMILES string of the molecule is CCCc1nc(C2CCNCC2)sc1C(=O)OC. The monoisotopic (exact) mass is 268 g/mol. The zero-order valence-corrected chi connectivity index (χ0v) is 11.8. The highest BCUT2D eigenvalue weighted by molar-refractivity contribution is 7.13. The highest BCUT2D eigenvalue weighted by Crippen LogP contribution is 2.31. The lowest BCUT2D eigenvalue weighted by molar-refractivity contribution is 0.0605. The van der Waals surface area contributed by atoms with Crippen LogP contribution in [0.5, 0.6) is 0 Å². The lowest BCUT2D eigenvalue weighted by Gasteiger charge is -2.20. The molecule has 18 heavy (non-hydrogen) atoms. The van der Waals surface area contributed by atoms with Gasteiger partial charge in [-0.3, -0.25) is 0 Å². The number of ether oxygens (including phenoxy) is 1. The molecule has 1 fully saturated rings. The molecule has 0 spiro atoms. The second-order valence-electron chi connectivity index (χ2n) is 4.59. The molecule has 1 saturated heterocycles. The van der Waals surface area contributed by atoms with Crippen molar-refractivity contribution in [2.75, 3.05) is 20.2 Å². The molecular formula is C13H20N2O2S. The van der Waals surface area contributed by atoms with Crippen molar-refractivity contribution in [3.05, 3.63) is 15.6 Å². The second kappa shape index (κ2) is 6.29. The fourth-order valence-electron chi connectivity index (χ4n) is 2.27. The minimum Gasteiger partial charge on any atom is -0.465 e. The van der Waals surface area contributed by atoms with E-state index in [0.717, 1.165) is 49.5 Å². The Bertz CT molecular complexity index is 411. The number of aryl methyl sites for hydroxylation is 1. The third-order valence-corrected chi connectivity index (χ3v) is 4.50. The Morgan fingerprint density at radius 3 is 2.83 bits per heavy atom. The summed E-state index contributed by atoms with van der Waals surface area (Å²) in [4.78, 5) is 17.1. The smallest absolute Gasteiger partial charge is 0.349 e. The van der Waals surface area contributed by atoms with Gasteiger partial charge in [-0.25, -0.2) is 9.78 Å². The highest BCUT2D eigenvalue weighted by Gasteiger charge is 2.24. The number of carbonyl (C=O) groups excluding carboxylic acids is 1. The molecule has 0 aromatic carbocycles. The van der Waals surface area contributed by atoms with Gasteiger partial charge < -0.3 is 10.1 Å². The van der Waals surface area contributed by atoms with E-state index in [0.29, 0.717) is 10.8 Å². The van der Waals surface area contributed by atoms with Crippen LogP contribution in [-0.4, -0.2) is 31.2 Å². The predicted molar refractivity (Wildman–Crippen MR) is 72.3 cm³/mol. The van der Waals surface area contributed by atoms with Crippen LogP contribution >= 0.6 is 11.3 Å². The standard InChI is InChI=1S/C13H20N2O2S/c1-3-4-10-11(13(16)17-2)18-12(15-10)9-5-7-14-8-6-9/h9,14H,3-8H2,1-2H3. The molecule has 0 amide bonds. The number of piperidine rings is 1. The van der Waals surface area contributed by atoms with Crippen LogP contribution in [0.2, 0.25) is 0 Å². The summed E-state index contributed by atoms with van der Waals surface area (Å²) in [5.74, 6) is 0.265. The van der Waals surface area contributed by atoms with E-state index in [1.807, 2.05) is 0 Å². The molecule has 5 heteroatoms. The zero-order valence-electron chi connectivity index (χ0n) is 11.0. The lowest BCUT2D eigenvalue weighted by atomic mass is 9.99. The largest absolute Gasteiger partial charge is 0.465 e. The third kappa shape index (κ3) is 2.90. The molecule has 0 radical (unpaired) electrons. The minimum atomic E-state index is -0.240. The number of carbonyl (C=O) groups is 1. The normalized spacial score (nSPS) is 16.8. The van der Waals surface area contributed by atoms with Gasteiger partial charge in [0.25, 0.3) is 0 Å². The summed E-state index contributed by atoms with van der Waals surface area (Å²) < 4.78 is 4.84. The van der Waals surface area contributed by atoms with E-state index < -0.39 is 0 Å². The van der Waals surface area contributed by atoms with Crippen molar-refractivity contribution in [1.29, 1.82) is 0 Å². The van der Waals surface area contributed by atoms with Crippen LogP contribution in [0.1, 0.15) is 52.5 Å². The number of methoxy groups -OCH3 is 1. The van der Waals surface area contributed by atoms with Gasteiger partial charge in [0.05, 0.1) is 17.8 Å². The van der Waals surface area contributed by atoms with Gasteiger partial charge in [0, 0.05) is 5.92 Å². The molecule has 2 rings (SSSR count). The zero-order chi connectivity index (χ0) is 13.0. The highest BCUT2D eigenvalue weighted by atomic mass is 32.1. The van der Waals surface area contributed by atoms with Gasteiger partial charge in [0.2, 0.25) is 0 Å². The molecule has 1 aromatic heterocycles. The fourth-order valence-corrected chi connectivity index (χ4v) is 3.47. The number of rotatable bonds is 4. The van der Waals surface area contributed by atoms with Crippen molar-refractivity contribution in [3.63, 3.8) is 0 Å². The van der Waals surface area contributed by atoms with Crippen LogP contribution in [0, 0.1) is 0 Å². The summed E-state index contributed by atoms with van der Waals surface area (Å²) in [5.41, 5.74) is 0.919. The predicted octanol–water partition coefficient (Wildman–Crippen LogP) is 2.35. The van der Waals surface area contributed by atoms with Crippen molar-refractivity contribution in [3.8, 4) is 0 Å². The summed E-state index contributed by atoms with van der Waals surface area (Å²) in [6, 6.07) is 0. The maximum atomic E-state index is 11.7. The van der Waals surface area contributed by atoms with E-state index in [1.165, 1.54) is 18.4 Å². The first-order valence-corrected chi connectivity index (χ1v) is 7.36. The molecule has 1 N–H and O–H groups in total. The molecule has 1 aliphatic rings. The van der Waals surface area contributed by atoms with Crippen molar-refractivity contribution in [1.82, 2.24) is 10.3 Å². The van der Waals surface area contributed by atoms with Gasteiger partial charge in [-0.2, -0.15) is 0 Å². The minimum absolute atomic E-state index is 0.240. The molecule has 100 valence electrons. The third-order valence-electron chi connectivity index (χ3n) is 3.26. The number of nitrogens with zero attached hydrogens (tertiary/aromatic N) is 1.